The van der Waals surface area contributed by atoms with Crippen LogP contribution in [0, 0.1) is 5.41 Å². The van der Waals surface area contributed by atoms with Crippen molar-refractivity contribution in [3.8, 4) is 11.5 Å². The van der Waals surface area contributed by atoms with Gasteiger partial charge in [0.15, 0.2) is 0 Å². The maximum absolute atomic E-state index is 12.5. The minimum absolute atomic E-state index is 0.219. The number of hydrogen-bond donors (Lipinski definition) is 3. The molecule has 0 spiro atoms. The van der Waals surface area contributed by atoms with E-state index < -0.39 is 0 Å². The average Bonchev–Trinajstić information content (AvgIpc) is 3.20. The molecule has 6 nitrogen and oxygen atoms in total. The van der Waals surface area contributed by atoms with E-state index >= 15 is 0 Å². The summed E-state index contributed by atoms with van der Waals surface area (Å²) in [5.74, 6) is 1.22. The Hall–Kier alpha value is -2.64. The van der Waals surface area contributed by atoms with Gasteiger partial charge in [0.2, 0.25) is 0 Å². The number of hydrogen-bond acceptors (Lipinski definition) is 6. The molecule has 3 rings (SSSR count). The molecule has 3 N–H and O–H groups in total. The number of methoxy groups -OCH3 is 1. The van der Waals surface area contributed by atoms with Crippen LogP contribution in [0.2, 0.25) is 5.02 Å². The highest BCUT2D eigenvalue weighted by Crippen LogP contribution is 2.38. The van der Waals surface area contributed by atoms with Gasteiger partial charge in [-0.15, -0.1) is 0 Å². The lowest BCUT2D eigenvalue weighted by Crippen LogP contribution is -2.16. The van der Waals surface area contributed by atoms with Crippen molar-refractivity contribution in [2.24, 2.45) is 0 Å². The molecule has 0 saturated carbocycles. The Morgan fingerprint density at radius 2 is 2.18 bits per heavy atom. The van der Waals surface area contributed by atoms with Gasteiger partial charge >= 0.3 is 0 Å². The first-order chi connectivity index (χ1) is 13.6. The number of carbonyl (C=O) groups excluding carboxylic acids is 1. The van der Waals surface area contributed by atoms with Crippen molar-refractivity contribution in [3.05, 3.63) is 64.8 Å². The minimum Gasteiger partial charge on any atom is -0.496 e. The monoisotopic (exact) mass is 419 g/mol. The topological polar surface area (TPSA) is 83.4 Å². The number of fused-ring (bicyclic) bond motifs is 1. The molecule has 1 aliphatic rings. The number of halogens is 1. The Kier molecular flexibility index (Phi) is 8.22. The molecular weight excluding hydrogens is 398 g/mol. The van der Waals surface area contributed by atoms with E-state index in [1.807, 2.05) is 12.1 Å². The molecule has 8 heteroatoms. The lowest BCUT2D eigenvalue weighted by Gasteiger charge is -2.12. The molecule has 0 atom stereocenters. The maximum Gasteiger partial charge on any atom is 0.261 e. The highest BCUT2D eigenvalue weighted by atomic mass is 35.5. The van der Waals surface area contributed by atoms with Crippen LogP contribution < -0.4 is 19.5 Å². The normalized spacial score (nSPS) is 11.4. The Morgan fingerprint density at radius 3 is 2.89 bits per heavy atom. The highest BCUT2D eigenvalue weighted by molar-refractivity contribution is 7.98. The lowest BCUT2D eigenvalue weighted by atomic mass is 10.1. The van der Waals surface area contributed by atoms with E-state index in [0.717, 1.165) is 28.2 Å². The fraction of sp³-hybridized carbons (Fsp3) is 0.200. The lowest BCUT2D eigenvalue weighted by molar-refractivity contribution is 0.0984. The molecule has 1 heterocycles. The van der Waals surface area contributed by atoms with Gasteiger partial charge in [-0.1, -0.05) is 24.2 Å². The fourth-order valence-electron chi connectivity index (χ4n) is 2.69. The second-order valence-corrected chi connectivity index (χ2v) is 6.92. The third-order valence-electron chi connectivity index (χ3n) is 3.95. The van der Waals surface area contributed by atoms with Gasteiger partial charge in [-0.05, 0) is 49.1 Å². The van der Waals surface area contributed by atoms with Crippen LogP contribution >= 0.6 is 23.5 Å². The summed E-state index contributed by atoms with van der Waals surface area (Å²) in [5.41, 5.74) is 2.52. The van der Waals surface area contributed by atoms with Crippen molar-refractivity contribution in [1.82, 2.24) is 10.0 Å². The van der Waals surface area contributed by atoms with Crippen LogP contribution in [0.1, 0.15) is 21.5 Å². The van der Waals surface area contributed by atoms with Gasteiger partial charge in [0.1, 0.15) is 11.5 Å². The van der Waals surface area contributed by atoms with E-state index in [4.69, 9.17) is 26.5 Å². The van der Waals surface area contributed by atoms with Gasteiger partial charge in [0.05, 0.1) is 18.6 Å². The van der Waals surface area contributed by atoms with Gasteiger partial charge in [-0.3, -0.25) is 9.52 Å². The Morgan fingerprint density at radius 1 is 1.39 bits per heavy atom. The fourth-order valence-corrected chi connectivity index (χ4v) is 3.78. The molecule has 0 bridgehead atoms. The van der Waals surface area contributed by atoms with E-state index in [0.29, 0.717) is 29.5 Å². The van der Waals surface area contributed by atoms with Crippen molar-refractivity contribution < 1.29 is 14.3 Å². The van der Waals surface area contributed by atoms with Crippen LogP contribution in [-0.4, -0.2) is 26.3 Å². The smallest absolute Gasteiger partial charge is 0.261 e. The zero-order valence-electron chi connectivity index (χ0n) is 15.5. The van der Waals surface area contributed by atoms with Gasteiger partial charge in [-0.25, -0.2) is 0 Å². The van der Waals surface area contributed by atoms with E-state index in [1.165, 1.54) is 11.9 Å². The molecule has 2 aromatic carbocycles. The molecule has 148 valence electrons. The number of nitrogens with one attached hydrogen (secondary N) is 3. The zero-order valence-corrected chi connectivity index (χ0v) is 17.1. The van der Waals surface area contributed by atoms with Crippen molar-refractivity contribution >= 4 is 36.2 Å². The largest absolute Gasteiger partial charge is 0.496 e. The zero-order chi connectivity index (χ0) is 20.5. The molecule has 1 aliphatic heterocycles. The number of benzene rings is 2. The van der Waals surface area contributed by atoms with E-state index in [1.54, 1.807) is 31.5 Å². The van der Waals surface area contributed by atoms with Gasteiger partial charge < -0.3 is 20.2 Å². The average molecular weight is 420 g/mol. The van der Waals surface area contributed by atoms with Crippen LogP contribution in [0.25, 0.3) is 0 Å². The first kappa shape index (κ1) is 21.7. The Labute approximate surface area is 173 Å². The summed E-state index contributed by atoms with van der Waals surface area (Å²) in [6, 6.07) is 9.03. The van der Waals surface area contributed by atoms with Crippen LogP contribution in [0.3, 0.4) is 0 Å². The molecule has 0 aromatic heterocycles. The van der Waals surface area contributed by atoms with E-state index in [9.17, 15) is 4.79 Å². The molecular formula is C20H22ClN3O3S. The molecule has 2 aromatic rings. The Bertz CT molecular complexity index is 861. The second kappa shape index (κ2) is 10.6. The molecule has 28 heavy (non-hydrogen) atoms. The molecule has 0 radical (unpaired) electrons. The van der Waals surface area contributed by atoms with E-state index in [2.05, 4.69) is 23.3 Å². The summed E-state index contributed by atoms with van der Waals surface area (Å²) in [7, 11) is 1.58. The third kappa shape index (κ3) is 5.21. The molecule has 0 aliphatic carbocycles. The summed E-state index contributed by atoms with van der Waals surface area (Å²) >= 11 is 7.35. The van der Waals surface area contributed by atoms with Crippen molar-refractivity contribution in [2.75, 3.05) is 13.7 Å². The number of amides is 1. The highest BCUT2D eigenvalue weighted by Gasteiger charge is 2.19. The molecule has 0 saturated heterocycles. The summed E-state index contributed by atoms with van der Waals surface area (Å²) in [6.45, 7) is 7.33. The van der Waals surface area contributed by atoms with Crippen molar-refractivity contribution in [2.45, 2.75) is 17.9 Å². The first-order valence-electron chi connectivity index (χ1n) is 8.41. The molecule has 0 fully saturated rings. The van der Waals surface area contributed by atoms with Crippen LogP contribution in [-0.2, 0) is 13.0 Å². The maximum atomic E-state index is 12.5. The molecule has 0 unspecified atom stereocenters. The SMILES string of the molecule is C=CNCc1ccc(C(=O)NSc2cc(Cl)cc3c2OCC3)cc1OC.C=N. The second-order valence-electron chi connectivity index (χ2n) is 5.64. The van der Waals surface area contributed by atoms with Crippen LogP contribution in [0.15, 0.2) is 48.0 Å². The van der Waals surface area contributed by atoms with Crippen molar-refractivity contribution in [3.63, 3.8) is 0 Å². The van der Waals surface area contributed by atoms with Gasteiger partial charge in [-0.2, -0.15) is 0 Å². The first-order valence-corrected chi connectivity index (χ1v) is 9.60. The summed E-state index contributed by atoms with van der Waals surface area (Å²) in [5, 5.41) is 9.15. The minimum atomic E-state index is -0.219. The van der Waals surface area contributed by atoms with Gasteiger partial charge in [0.25, 0.3) is 5.91 Å². The van der Waals surface area contributed by atoms with Crippen LogP contribution in [0.5, 0.6) is 11.5 Å². The summed E-state index contributed by atoms with van der Waals surface area (Å²) in [4.78, 5) is 13.3. The summed E-state index contributed by atoms with van der Waals surface area (Å²) in [6.07, 6.45) is 2.44. The predicted molar refractivity (Wildman–Crippen MR) is 114 cm³/mol. The third-order valence-corrected chi connectivity index (χ3v) is 4.98. The number of carbonyl (C=O) groups is 1. The predicted octanol–water partition coefficient (Wildman–Crippen LogP) is 4.22. The number of rotatable bonds is 7. The Balaban J connectivity index is 0.00000136. The quantitative estimate of drug-likeness (QED) is 0.462. The standard InChI is InChI=1S/C19H19ClN2O3S.CH3N/c1-3-21-11-14-5-4-13(9-16(14)24-2)19(23)22-26-17-10-15(20)8-12-6-7-25-18(12)17;1-2/h3-5,8-10,21H,1,6-7,11H2,2H3,(H,22,23);2H,1H2. The molecule has 1 amide bonds. The number of ether oxygens (including phenoxy) is 2. The summed E-state index contributed by atoms with van der Waals surface area (Å²) < 4.78 is 13.9. The van der Waals surface area contributed by atoms with E-state index in [-0.39, 0.29) is 5.91 Å². The van der Waals surface area contributed by atoms with Crippen LogP contribution in [0.4, 0.5) is 0 Å². The van der Waals surface area contributed by atoms with Crippen molar-refractivity contribution in [1.29, 1.82) is 5.41 Å². The van der Waals surface area contributed by atoms with Gasteiger partial charge in [0, 0.05) is 34.7 Å².